The number of halogens is 2. The van der Waals surface area contributed by atoms with Crippen molar-refractivity contribution >= 4 is 44.1 Å². The Hall–Kier alpha value is -3.78. The number of carbonyl (C=O) groups is 2. The van der Waals surface area contributed by atoms with Crippen molar-refractivity contribution in [1.82, 2.24) is 25.1 Å². The Morgan fingerprint density at radius 3 is 2.58 bits per heavy atom. The number of aromatic hydroxyl groups is 1. The zero-order valence-electron chi connectivity index (χ0n) is 25.2. The quantitative estimate of drug-likeness (QED) is 0.390. The first-order valence-electron chi connectivity index (χ1n) is 14.8. The maximum absolute atomic E-state index is 14.2. The summed E-state index contributed by atoms with van der Waals surface area (Å²) in [6.07, 6.45) is 4.68. The zero-order chi connectivity index (χ0) is 32.3. The van der Waals surface area contributed by atoms with Gasteiger partial charge < -0.3 is 15.3 Å². The summed E-state index contributed by atoms with van der Waals surface area (Å²) in [5, 5.41) is 24.7. The van der Waals surface area contributed by atoms with Crippen molar-refractivity contribution < 1.29 is 23.5 Å². The van der Waals surface area contributed by atoms with Gasteiger partial charge in [-0.05, 0) is 61.2 Å². The highest BCUT2D eigenvalue weighted by atomic mass is 32.2. The molecular formula is C31H36F2N6O4S2. The molecule has 1 aliphatic carbocycles. The summed E-state index contributed by atoms with van der Waals surface area (Å²) >= 11 is 1.04. The summed E-state index contributed by atoms with van der Waals surface area (Å²) in [6, 6.07) is 3.27. The number of hydrogen-bond donors (Lipinski definition) is 2. The average Bonchev–Trinajstić information content (AvgIpc) is 3.62. The first kappa shape index (κ1) is 31.2. The van der Waals surface area contributed by atoms with Gasteiger partial charge in [0.1, 0.15) is 22.3 Å². The van der Waals surface area contributed by atoms with Gasteiger partial charge in [-0.25, -0.2) is 18.0 Å². The van der Waals surface area contributed by atoms with Crippen LogP contribution in [0.4, 0.5) is 8.78 Å². The van der Waals surface area contributed by atoms with Crippen LogP contribution in [0.3, 0.4) is 0 Å². The highest BCUT2D eigenvalue weighted by Gasteiger charge is 2.50. The predicted octanol–water partition coefficient (Wildman–Crippen LogP) is 3.29. The van der Waals surface area contributed by atoms with E-state index in [1.54, 1.807) is 19.0 Å². The molecule has 3 aromatic rings. The molecule has 240 valence electrons. The summed E-state index contributed by atoms with van der Waals surface area (Å²) in [6.45, 7) is 0.632. The summed E-state index contributed by atoms with van der Waals surface area (Å²) < 4.78 is 29.0. The highest BCUT2D eigenvalue weighted by molar-refractivity contribution is 8.27. The summed E-state index contributed by atoms with van der Waals surface area (Å²) in [7, 11) is 2.40. The van der Waals surface area contributed by atoms with E-state index < -0.39 is 43.6 Å². The van der Waals surface area contributed by atoms with Gasteiger partial charge in [-0.15, -0.1) is 10.2 Å². The maximum Gasteiger partial charge on any atom is 0.278 e. The molecule has 2 N–H and O–H groups in total. The normalized spacial score (nSPS) is 24.2. The molecule has 3 aliphatic rings. The minimum absolute atomic E-state index is 0.0227. The lowest BCUT2D eigenvalue weighted by molar-refractivity contribution is -0.127. The molecule has 2 aliphatic heterocycles. The van der Waals surface area contributed by atoms with Crippen LogP contribution in [0.5, 0.6) is 5.75 Å². The third-order valence-corrected chi connectivity index (χ3v) is 12.8. The van der Waals surface area contributed by atoms with Crippen LogP contribution in [0.15, 0.2) is 29.2 Å². The SMILES string of the molecule is C=S1(=C)CCC(CNC(=O)C2CCC3(CC2)N(C)C(=O)c2c(O)c(=O)c(-c4nnc(Cc5ccc(F)cc5F)s4)cn2N3C)C1. The Bertz CT molecular complexity index is 1850. The average molecular weight is 659 g/mol. The number of fused-ring (bicyclic) bond motifs is 1. The van der Waals surface area contributed by atoms with Crippen LogP contribution in [-0.2, 0) is 11.2 Å². The molecule has 45 heavy (non-hydrogen) atoms. The molecule has 2 amide bonds. The van der Waals surface area contributed by atoms with Crippen LogP contribution < -0.4 is 15.8 Å². The molecule has 1 spiro atoms. The van der Waals surface area contributed by atoms with Gasteiger partial charge in [0.2, 0.25) is 11.3 Å². The van der Waals surface area contributed by atoms with Crippen LogP contribution in [0, 0.1) is 23.5 Å². The minimum atomic E-state index is -1.04. The van der Waals surface area contributed by atoms with E-state index in [4.69, 9.17) is 0 Å². The fourth-order valence-electron chi connectivity index (χ4n) is 6.84. The van der Waals surface area contributed by atoms with E-state index in [0.29, 0.717) is 43.2 Å². The van der Waals surface area contributed by atoms with Crippen molar-refractivity contribution in [3.8, 4) is 16.3 Å². The number of hydrogen-bond acceptors (Lipinski definition) is 8. The molecule has 10 nitrogen and oxygen atoms in total. The molecular weight excluding hydrogens is 623 g/mol. The van der Waals surface area contributed by atoms with E-state index >= 15 is 0 Å². The van der Waals surface area contributed by atoms with E-state index in [-0.39, 0.29) is 40.1 Å². The molecule has 2 fully saturated rings. The highest BCUT2D eigenvalue weighted by Crippen LogP contribution is 2.42. The third kappa shape index (κ3) is 5.62. The second-order valence-electron chi connectivity index (χ2n) is 12.5. The standard InChI is InChI=1S/C31H36F2N6O4S2/c1-37-30(43)25-27(41)26(40)22(29-36-35-24(44-29)13-20-5-6-21(32)14-23(20)33)16-39(25)38(2)31(37)10-7-19(8-11-31)28(42)34-15-18-9-12-45(3,4)17-18/h5-6,14,16,18-19,41H,3-4,7-13,15,17H2,1-2H3,(H,34,42). The Kier molecular flexibility index (Phi) is 8.00. The Labute approximate surface area is 264 Å². The van der Waals surface area contributed by atoms with Gasteiger partial charge in [0, 0.05) is 45.2 Å². The second kappa shape index (κ2) is 11.5. The molecule has 1 atom stereocenters. The van der Waals surface area contributed by atoms with Gasteiger partial charge in [0.15, 0.2) is 16.5 Å². The minimum Gasteiger partial charge on any atom is -0.502 e. The lowest BCUT2D eigenvalue weighted by atomic mass is 9.79. The van der Waals surface area contributed by atoms with E-state index in [2.05, 4.69) is 27.3 Å². The molecule has 14 heteroatoms. The van der Waals surface area contributed by atoms with E-state index in [1.807, 2.05) is 5.01 Å². The van der Waals surface area contributed by atoms with Crippen LogP contribution in [-0.4, -0.2) is 86.2 Å². The summed E-state index contributed by atoms with van der Waals surface area (Å²) in [4.78, 5) is 41.6. The van der Waals surface area contributed by atoms with Gasteiger partial charge in [-0.1, -0.05) is 29.1 Å². The molecule has 4 heterocycles. The molecule has 0 radical (unpaired) electrons. The monoisotopic (exact) mass is 658 g/mol. The fourth-order valence-corrected chi connectivity index (χ4v) is 9.99. The van der Waals surface area contributed by atoms with E-state index in [9.17, 15) is 28.3 Å². The number of pyridine rings is 1. The maximum atomic E-state index is 14.2. The van der Waals surface area contributed by atoms with Crippen molar-refractivity contribution in [1.29, 1.82) is 0 Å². The van der Waals surface area contributed by atoms with Crippen LogP contribution in [0.2, 0.25) is 0 Å². The van der Waals surface area contributed by atoms with Crippen molar-refractivity contribution in [2.75, 3.05) is 37.2 Å². The molecule has 2 aromatic heterocycles. The first-order valence-corrected chi connectivity index (χ1v) is 17.9. The number of nitrogens with zero attached hydrogens (tertiary/aromatic N) is 5. The lowest BCUT2D eigenvalue weighted by Crippen LogP contribution is -2.69. The van der Waals surface area contributed by atoms with Crippen molar-refractivity contribution in [3.63, 3.8) is 0 Å². The van der Waals surface area contributed by atoms with Crippen LogP contribution in [0.1, 0.15) is 53.2 Å². The molecule has 6 rings (SSSR count). The molecule has 1 saturated carbocycles. The van der Waals surface area contributed by atoms with Crippen molar-refractivity contribution in [3.05, 3.63) is 62.5 Å². The van der Waals surface area contributed by atoms with Crippen LogP contribution >= 0.6 is 20.5 Å². The summed E-state index contributed by atoms with van der Waals surface area (Å²) in [5.41, 5.74) is -1.47. The predicted molar refractivity (Wildman–Crippen MR) is 174 cm³/mol. The van der Waals surface area contributed by atoms with Gasteiger partial charge in [0.25, 0.3) is 5.91 Å². The number of benzene rings is 1. The summed E-state index contributed by atoms with van der Waals surface area (Å²) in [5.74, 6) is 8.11. The number of rotatable bonds is 6. The molecule has 1 saturated heterocycles. The van der Waals surface area contributed by atoms with Gasteiger partial charge in [-0.3, -0.25) is 24.1 Å². The number of amides is 2. The van der Waals surface area contributed by atoms with Crippen LogP contribution in [0.25, 0.3) is 10.6 Å². The number of aromatic nitrogens is 3. The van der Waals surface area contributed by atoms with Crippen molar-refractivity contribution in [2.24, 2.45) is 11.8 Å². The van der Waals surface area contributed by atoms with E-state index in [0.717, 1.165) is 41.4 Å². The Morgan fingerprint density at radius 2 is 1.91 bits per heavy atom. The topological polar surface area (TPSA) is 121 Å². The Balaban J connectivity index is 1.22. The van der Waals surface area contributed by atoms with Crippen molar-refractivity contribution in [2.45, 2.75) is 44.2 Å². The zero-order valence-corrected chi connectivity index (χ0v) is 26.9. The lowest BCUT2D eigenvalue weighted by Gasteiger charge is -2.55. The van der Waals surface area contributed by atoms with E-state index in [1.165, 1.54) is 16.9 Å². The smallest absolute Gasteiger partial charge is 0.278 e. The first-order chi connectivity index (χ1) is 21.3. The molecule has 0 bridgehead atoms. The second-order valence-corrected chi connectivity index (χ2v) is 16.7. The third-order valence-electron chi connectivity index (χ3n) is 9.55. The fraction of sp³-hybridized carbons (Fsp3) is 0.452. The molecule has 1 aromatic carbocycles. The largest absolute Gasteiger partial charge is 0.502 e. The van der Waals surface area contributed by atoms with Gasteiger partial charge >= 0.3 is 0 Å². The number of nitrogens with one attached hydrogen (secondary N) is 1. The molecule has 1 unspecified atom stereocenters. The number of carbonyl (C=O) groups excluding carboxylic acids is 2. The van der Waals surface area contributed by atoms with Gasteiger partial charge in [-0.2, -0.15) is 0 Å². The Morgan fingerprint density at radius 1 is 1.18 bits per heavy atom. The van der Waals surface area contributed by atoms with Gasteiger partial charge in [0.05, 0.1) is 5.56 Å².